The summed E-state index contributed by atoms with van der Waals surface area (Å²) in [6.07, 6.45) is 6.15. The average Bonchev–Trinajstić information content (AvgIpc) is 2.46. The Kier molecular flexibility index (Phi) is 5.83. The van der Waals surface area contributed by atoms with Crippen LogP contribution in [0, 0.1) is 12.8 Å². The number of nitrogens with one attached hydrogen (secondary N) is 1. The number of hydrogen-bond donors (Lipinski definition) is 1. The molecule has 21 heavy (non-hydrogen) atoms. The molecular formula is C17H30N4. The Hall–Kier alpha value is -1.32. The lowest BCUT2D eigenvalue weighted by molar-refractivity contribution is 0.318. The summed E-state index contributed by atoms with van der Waals surface area (Å²) >= 11 is 0. The summed E-state index contributed by atoms with van der Waals surface area (Å²) in [5.41, 5.74) is 1.20. The van der Waals surface area contributed by atoms with Gasteiger partial charge in [0.1, 0.15) is 17.5 Å². The van der Waals surface area contributed by atoms with Gasteiger partial charge in [0.15, 0.2) is 0 Å². The highest BCUT2D eigenvalue weighted by molar-refractivity contribution is 5.58. The average molecular weight is 290 g/mol. The van der Waals surface area contributed by atoms with Crippen LogP contribution in [-0.4, -0.2) is 29.6 Å². The molecule has 1 saturated carbocycles. The zero-order valence-electron chi connectivity index (χ0n) is 14.1. The van der Waals surface area contributed by atoms with Gasteiger partial charge in [-0.2, -0.15) is 0 Å². The maximum Gasteiger partial charge on any atom is 0.137 e. The van der Waals surface area contributed by atoms with Crippen molar-refractivity contribution in [3.63, 3.8) is 0 Å². The van der Waals surface area contributed by atoms with E-state index in [1.165, 1.54) is 24.8 Å². The van der Waals surface area contributed by atoms with Crippen LogP contribution in [0.25, 0.3) is 0 Å². The molecule has 1 aliphatic rings. The summed E-state index contributed by atoms with van der Waals surface area (Å²) in [4.78, 5) is 11.9. The topological polar surface area (TPSA) is 41.1 Å². The van der Waals surface area contributed by atoms with Crippen LogP contribution in [0.2, 0.25) is 0 Å². The highest BCUT2D eigenvalue weighted by Crippen LogP contribution is 2.30. The van der Waals surface area contributed by atoms with Gasteiger partial charge in [-0.25, -0.2) is 9.97 Å². The molecule has 0 bridgehead atoms. The smallest absolute Gasteiger partial charge is 0.137 e. The Morgan fingerprint density at radius 2 is 1.95 bits per heavy atom. The molecule has 2 rings (SSSR count). The van der Waals surface area contributed by atoms with E-state index in [2.05, 4.69) is 42.9 Å². The quantitative estimate of drug-likeness (QED) is 0.790. The predicted octanol–water partition coefficient (Wildman–Crippen LogP) is 3.80. The maximum atomic E-state index is 4.82. The largest absolute Gasteiger partial charge is 0.370 e. The molecule has 1 heterocycles. The molecule has 0 atom stereocenters. The third-order valence-electron chi connectivity index (χ3n) is 4.41. The summed E-state index contributed by atoms with van der Waals surface area (Å²) in [6.45, 7) is 11.8. The van der Waals surface area contributed by atoms with Crippen molar-refractivity contribution < 1.29 is 0 Å². The first kappa shape index (κ1) is 16.1. The summed E-state index contributed by atoms with van der Waals surface area (Å²) < 4.78 is 0. The number of aromatic nitrogens is 2. The van der Waals surface area contributed by atoms with E-state index in [1.54, 1.807) is 0 Å². The lowest BCUT2D eigenvalue weighted by Crippen LogP contribution is -2.34. The normalized spacial score (nSPS) is 14.9. The van der Waals surface area contributed by atoms with Crippen molar-refractivity contribution >= 4 is 11.6 Å². The minimum absolute atomic E-state index is 0.858. The van der Waals surface area contributed by atoms with Gasteiger partial charge in [-0.3, -0.25) is 0 Å². The summed E-state index contributed by atoms with van der Waals surface area (Å²) in [5.74, 6) is 3.96. The fourth-order valence-corrected chi connectivity index (χ4v) is 2.78. The van der Waals surface area contributed by atoms with Crippen molar-refractivity contribution in [3.8, 4) is 0 Å². The van der Waals surface area contributed by atoms with Crippen molar-refractivity contribution in [1.29, 1.82) is 0 Å². The third-order valence-corrected chi connectivity index (χ3v) is 4.41. The van der Waals surface area contributed by atoms with E-state index >= 15 is 0 Å². The van der Waals surface area contributed by atoms with Crippen LogP contribution >= 0.6 is 0 Å². The van der Waals surface area contributed by atoms with Gasteiger partial charge in [-0.05, 0) is 39.0 Å². The van der Waals surface area contributed by atoms with Crippen LogP contribution in [0.4, 0.5) is 11.6 Å². The van der Waals surface area contributed by atoms with Crippen LogP contribution < -0.4 is 10.2 Å². The second-order valence-electron chi connectivity index (χ2n) is 6.05. The first-order valence-corrected chi connectivity index (χ1v) is 8.55. The van der Waals surface area contributed by atoms with Crippen molar-refractivity contribution in [2.75, 3.05) is 29.9 Å². The molecule has 0 radical (unpaired) electrons. The van der Waals surface area contributed by atoms with Crippen LogP contribution in [-0.2, 0) is 6.42 Å². The van der Waals surface area contributed by atoms with Gasteiger partial charge in [0.05, 0.1) is 0 Å². The highest BCUT2D eigenvalue weighted by Gasteiger charge is 2.23. The molecule has 118 valence electrons. The Morgan fingerprint density at radius 3 is 2.48 bits per heavy atom. The molecule has 1 fully saturated rings. The van der Waals surface area contributed by atoms with Crippen molar-refractivity contribution in [1.82, 2.24) is 9.97 Å². The van der Waals surface area contributed by atoms with Gasteiger partial charge in [-0.1, -0.05) is 20.3 Å². The Morgan fingerprint density at radius 1 is 1.19 bits per heavy atom. The van der Waals surface area contributed by atoms with E-state index < -0.39 is 0 Å². The van der Waals surface area contributed by atoms with E-state index in [0.29, 0.717) is 0 Å². The van der Waals surface area contributed by atoms with Gasteiger partial charge in [0, 0.05) is 31.6 Å². The summed E-state index contributed by atoms with van der Waals surface area (Å²) in [5, 5.41) is 3.46. The van der Waals surface area contributed by atoms with Gasteiger partial charge in [0.25, 0.3) is 0 Å². The molecule has 0 aromatic carbocycles. The Bertz CT molecular complexity index is 454. The first-order valence-electron chi connectivity index (χ1n) is 8.55. The molecule has 0 aliphatic heterocycles. The van der Waals surface area contributed by atoms with Crippen LogP contribution in [0.1, 0.15) is 57.8 Å². The molecule has 4 nitrogen and oxygen atoms in total. The van der Waals surface area contributed by atoms with Crippen molar-refractivity contribution in [2.24, 2.45) is 5.92 Å². The second-order valence-corrected chi connectivity index (χ2v) is 6.05. The van der Waals surface area contributed by atoms with E-state index in [0.717, 1.165) is 55.9 Å². The van der Waals surface area contributed by atoms with Crippen LogP contribution in [0.3, 0.4) is 0 Å². The molecule has 0 unspecified atom stereocenters. The molecular weight excluding hydrogens is 260 g/mol. The number of nitrogens with zero attached hydrogens (tertiary/aromatic N) is 3. The zero-order chi connectivity index (χ0) is 15.2. The highest BCUT2D eigenvalue weighted by atomic mass is 15.2. The SMILES string of the molecule is CCCNc1nc(CC)nc(N(CC)CC2CCC2)c1C. The fourth-order valence-electron chi connectivity index (χ4n) is 2.78. The van der Waals surface area contributed by atoms with E-state index in [-0.39, 0.29) is 0 Å². The van der Waals surface area contributed by atoms with Crippen molar-refractivity contribution in [3.05, 3.63) is 11.4 Å². The standard InChI is InChI=1S/C17H30N4/c1-5-11-18-16-13(4)17(20-15(6-2)19-16)21(7-3)12-14-9-8-10-14/h14H,5-12H2,1-4H3,(H,18,19,20). The van der Waals surface area contributed by atoms with Crippen LogP contribution in [0.15, 0.2) is 0 Å². The summed E-state index contributed by atoms with van der Waals surface area (Å²) in [7, 11) is 0. The fraction of sp³-hybridized carbons (Fsp3) is 0.765. The lowest BCUT2D eigenvalue weighted by Gasteiger charge is -2.33. The van der Waals surface area contributed by atoms with Gasteiger partial charge < -0.3 is 10.2 Å². The number of rotatable bonds is 8. The number of hydrogen-bond acceptors (Lipinski definition) is 4. The lowest BCUT2D eigenvalue weighted by atomic mass is 9.85. The minimum Gasteiger partial charge on any atom is -0.370 e. The first-order chi connectivity index (χ1) is 10.2. The van der Waals surface area contributed by atoms with Gasteiger partial charge in [0.2, 0.25) is 0 Å². The predicted molar refractivity (Wildman–Crippen MR) is 90.2 cm³/mol. The number of aryl methyl sites for hydroxylation is 1. The Labute approximate surface area is 129 Å². The minimum atomic E-state index is 0.858. The van der Waals surface area contributed by atoms with E-state index in [1.807, 2.05) is 0 Å². The van der Waals surface area contributed by atoms with E-state index in [4.69, 9.17) is 4.98 Å². The van der Waals surface area contributed by atoms with Crippen molar-refractivity contribution in [2.45, 2.75) is 59.8 Å². The molecule has 1 aliphatic carbocycles. The molecule has 0 saturated heterocycles. The second kappa shape index (κ2) is 7.62. The molecule has 0 amide bonds. The van der Waals surface area contributed by atoms with Gasteiger partial charge >= 0.3 is 0 Å². The maximum absolute atomic E-state index is 4.82. The zero-order valence-corrected chi connectivity index (χ0v) is 14.1. The molecule has 1 N–H and O–H groups in total. The number of anilines is 2. The van der Waals surface area contributed by atoms with Gasteiger partial charge in [-0.15, -0.1) is 0 Å². The summed E-state index contributed by atoms with van der Waals surface area (Å²) in [6, 6.07) is 0. The molecule has 1 aromatic heterocycles. The third kappa shape index (κ3) is 3.86. The molecule has 1 aromatic rings. The molecule has 0 spiro atoms. The van der Waals surface area contributed by atoms with Crippen LogP contribution in [0.5, 0.6) is 0 Å². The van der Waals surface area contributed by atoms with E-state index in [9.17, 15) is 0 Å². The Balaban J connectivity index is 2.25. The molecule has 4 heteroatoms. The monoisotopic (exact) mass is 290 g/mol.